The van der Waals surface area contributed by atoms with E-state index in [-0.39, 0.29) is 6.29 Å². The molecule has 0 saturated carbocycles. The van der Waals surface area contributed by atoms with Gasteiger partial charge in [-0.25, -0.2) is 0 Å². The van der Waals surface area contributed by atoms with Gasteiger partial charge in [-0.05, 0) is 18.5 Å². The van der Waals surface area contributed by atoms with Crippen LogP contribution >= 0.6 is 0 Å². The lowest BCUT2D eigenvalue weighted by molar-refractivity contribution is -0.204. The minimum absolute atomic E-state index is 0.336. The quantitative estimate of drug-likeness (QED) is 0.581. The van der Waals surface area contributed by atoms with Gasteiger partial charge in [0.05, 0.1) is 0 Å². The highest BCUT2D eigenvalue weighted by Crippen LogP contribution is 2.06. The smallest absolute Gasteiger partial charge is 0.355 e. The first-order chi connectivity index (χ1) is 8.17. The molecule has 0 aliphatic heterocycles. The van der Waals surface area contributed by atoms with Crippen molar-refractivity contribution in [3.8, 4) is 0 Å². The molecule has 0 aliphatic rings. The second-order valence-corrected chi connectivity index (χ2v) is 5.32. The van der Waals surface area contributed by atoms with Crippen LogP contribution < -0.4 is 5.19 Å². The molecule has 0 bridgehead atoms. The molecule has 3 unspecified atom stereocenters. The van der Waals surface area contributed by atoms with Crippen LogP contribution in [0, 0.1) is 0 Å². The Bertz CT molecular complexity index is 307. The highest BCUT2D eigenvalue weighted by atomic mass is 28.3. The van der Waals surface area contributed by atoms with Crippen molar-refractivity contribution in [2.75, 3.05) is 7.11 Å². The van der Waals surface area contributed by atoms with Gasteiger partial charge in [0.25, 0.3) is 0 Å². The van der Waals surface area contributed by atoms with E-state index in [1.54, 1.807) is 14.0 Å². The Morgan fingerprint density at radius 2 is 1.94 bits per heavy atom. The zero-order valence-electron chi connectivity index (χ0n) is 10.5. The first-order valence-electron chi connectivity index (χ1n) is 5.74. The maximum atomic E-state index is 10.0. The van der Waals surface area contributed by atoms with Gasteiger partial charge < -0.3 is 18.7 Å². The van der Waals surface area contributed by atoms with Gasteiger partial charge in [-0.1, -0.05) is 37.3 Å². The fraction of sp³-hybridized carbons (Fsp3) is 0.500. The highest BCUT2D eigenvalue weighted by Gasteiger charge is 2.19. The van der Waals surface area contributed by atoms with Crippen molar-refractivity contribution in [1.82, 2.24) is 0 Å². The van der Waals surface area contributed by atoms with Crippen LogP contribution in [0.15, 0.2) is 30.3 Å². The number of rotatable bonds is 7. The summed E-state index contributed by atoms with van der Waals surface area (Å²) in [7, 11) is -0.815. The third-order valence-corrected chi connectivity index (χ3v) is 3.89. The zero-order valence-corrected chi connectivity index (χ0v) is 11.7. The fourth-order valence-corrected chi connectivity index (χ4v) is 2.59. The molecule has 1 rings (SSSR count). The Labute approximate surface area is 104 Å². The van der Waals surface area contributed by atoms with Crippen molar-refractivity contribution in [1.29, 1.82) is 0 Å². The normalized spacial score (nSPS) is 16.5. The molecule has 96 valence electrons. The third-order valence-electron chi connectivity index (χ3n) is 2.37. The van der Waals surface area contributed by atoms with Gasteiger partial charge in [-0.3, -0.25) is 0 Å². The molecule has 3 atom stereocenters. The predicted molar refractivity (Wildman–Crippen MR) is 68.2 cm³/mol. The van der Waals surface area contributed by atoms with E-state index in [0.29, 0.717) is 6.42 Å². The second kappa shape index (κ2) is 7.57. The summed E-state index contributed by atoms with van der Waals surface area (Å²) in [4.78, 5) is 10.0. The van der Waals surface area contributed by atoms with Gasteiger partial charge in [-0.2, -0.15) is 0 Å². The van der Waals surface area contributed by atoms with Crippen molar-refractivity contribution < 1.29 is 18.7 Å². The maximum absolute atomic E-state index is 10.0. The molecule has 0 radical (unpaired) electrons. The van der Waals surface area contributed by atoms with Crippen molar-refractivity contribution in [3.05, 3.63) is 30.3 Å². The van der Waals surface area contributed by atoms with E-state index < -0.39 is 15.6 Å². The molecule has 1 N–H and O–H groups in total. The van der Waals surface area contributed by atoms with E-state index in [0.717, 1.165) is 5.19 Å². The standard InChI is InChI=1S/C12H20O4Si/c1-4-12(15-10(2)14-3)16-17(13)11-8-6-5-7-9-11/h5-10,12-13,17H,4H2,1-3H3. The molecule has 0 aromatic heterocycles. The van der Waals surface area contributed by atoms with E-state index in [1.807, 2.05) is 37.3 Å². The topological polar surface area (TPSA) is 47.9 Å². The zero-order chi connectivity index (χ0) is 12.7. The summed E-state index contributed by atoms with van der Waals surface area (Å²) in [6, 6.07) is 9.40. The van der Waals surface area contributed by atoms with E-state index in [9.17, 15) is 4.80 Å². The minimum Gasteiger partial charge on any atom is -0.410 e. The van der Waals surface area contributed by atoms with Crippen LogP contribution in [0.1, 0.15) is 20.3 Å². The summed E-state index contributed by atoms with van der Waals surface area (Å²) < 4.78 is 16.0. The van der Waals surface area contributed by atoms with E-state index in [1.165, 1.54) is 0 Å². The van der Waals surface area contributed by atoms with Crippen molar-refractivity contribution in [2.45, 2.75) is 32.8 Å². The molecule has 5 heteroatoms. The SMILES string of the molecule is CCC(OC(C)OC)O[SiH](O)c1ccccc1. The van der Waals surface area contributed by atoms with Crippen LogP contribution in [0.3, 0.4) is 0 Å². The van der Waals surface area contributed by atoms with Gasteiger partial charge in [0, 0.05) is 7.11 Å². The van der Waals surface area contributed by atoms with Crippen LogP contribution in [0.5, 0.6) is 0 Å². The molecule has 1 aromatic rings. The number of ether oxygens (including phenoxy) is 2. The number of hydrogen-bond donors (Lipinski definition) is 1. The monoisotopic (exact) mass is 256 g/mol. The van der Waals surface area contributed by atoms with Gasteiger partial charge in [0.2, 0.25) is 0 Å². The lowest BCUT2D eigenvalue weighted by atomic mass is 10.4. The highest BCUT2D eigenvalue weighted by molar-refractivity contribution is 6.59. The molecule has 0 heterocycles. The first kappa shape index (κ1) is 14.3. The Hall–Kier alpha value is -0.723. The van der Waals surface area contributed by atoms with Gasteiger partial charge in [0.1, 0.15) is 0 Å². The van der Waals surface area contributed by atoms with Crippen LogP contribution in [0.4, 0.5) is 0 Å². The maximum Gasteiger partial charge on any atom is 0.355 e. The van der Waals surface area contributed by atoms with Crippen molar-refractivity contribution >= 4 is 14.5 Å². The van der Waals surface area contributed by atoms with Crippen LogP contribution in [-0.2, 0) is 13.9 Å². The summed E-state index contributed by atoms with van der Waals surface area (Å²) in [5.74, 6) is 0. The Morgan fingerprint density at radius 1 is 1.29 bits per heavy atom. The summed E-state index contributed by atoms with van der Waals surface area (Å²) in [6.07, 6.45) is -0.0892. The van der Waals surface area contributed by atoms with Crippen LogP contribution in [0.25, 0.3) is 0 Å². The summed E-state index contributed by atoms with van der Waals surface area (Å²) in [5.41, 5.74) is 0. The summed E-state index contributed by atoms with van der Waals surface area (Å²) >= 11 is 0. The predicted octanol–water partition coefficient (Wildman–Crippen LogP) is 0.868. The number of methoxy groups -OCH3 is 1. The minimum atomic E-state index is -2.39. The Morgan fingerprint density at radius 3 is 2.47 bits per heavy atom. The average molecular weight is 256 g/mol. The lowest BCUT2D eigenvalue weighted by Crippen LogP contribution is -2.39. The Balaban J connectivity index is 2.50. The van der Waals surface area contributed by atoms with Crippen LogP contribution in [0.2, 0.25) is 0 Å². The van der Waals surface area contributed by atoms with Crippen molar-refractivity contribution in [3.63, 3.8) is 0 Å². The van der Waals surface area contributed by atoms with Gasteiger partial charge in [-0.15, -0.1) is 0 Å². The molecule has 0 saturated heterocycles. The fourth-order valence-electron chi connectivity index (χ4n) is 1.33. The molecule has 1 aromatic carbocycles. The molecular formula is C12H20O4Si. The molecule has 0 fully saturated rings. The third kappa shape index (κ3) is 4.97. The molecule has 0 amide bonds. The van der Waals surface area contributed by atoms with E-state index in [2.05, 4.69) is 0 Å². The first-order valence-corrected chi connectivity index (χ1v) is 7.30. The number of benzene rings is 1. The second-order valence-electron chi connectivity index (χ2n) is 3.68. The molecule has 17 heavy (non-hydrogen) atoms. The summed E-state index contributed by atoms with van der Waals surface area (Å²) in [5, 5.41) is 0.847. The molecule has 4 nitrogen and oxygen atoms in total. The molecule has 0 spiro atoms. The van der Waals surface area contributed by atoms with Gasteiger partial charge >= 0.3 is 9.28 Å². The average Bonchev–Trinajstić information content (AvgIpc) is 2.38. The molecule has 0 aliphatic carbocycles. The Kier molecular flexibility index (Phi) is 6.39. The van der Waals surface area contributed by atoms with Crippen molar-refractivity contribution in [2.24, 2.45) is 0 Å². The van der Waals surface area contributed by atoms with E-state index in [4.69, 9.17) is 13.9 Å². The lowest BCUT2D eigenvalue weighted by Gasteiger charge is -2.23. The molecular weight excluding hydrogens is 236 g/mol. The van der Waals surface area contributed by atoms with E-state index >= 15 is 0 Å². The van der Waals surface area contributed by atoms with Gasteiger partial charge in [0.15, 0.2) is 12.6 Å². The van der Waals surface area contributed by atoms with Crippen LogP contribution in [-0.4, -0.2) is 33.8 Å². The largest absolute Gasteiger partial charge is 0.410 e. The number of hydrogen-bond acceptors (Lipinski definition) is 4. The summed E-state index contributed by atoms with van der Waals surface area (Å²) in [6.45, 7) is 3.74.